The molecule has 0 spiro atoms. The molecule has 1 unspecified atom stereocenters. The lowest BCUT2D eigenvalue weighted by molar-refractivity contribution is -0.137. The van der Waals surface area contributed by atoms with Crippen LogP contribution in [0.2, 0.25) is 0 Å². The van der Waals surface area contributed by atoms with E-state index in [4.69, 9.17) is 5.73 Å². The molecule has 1 aromatic rings. The number of carbonyl (C=O) groups excluding carboxylic acids is 1. The third-order valence-corrected chi connectivity index (χ3v) is 3.86. The van der Waals surface area contributed by atoms with Gasteiger partial charge in [0.25, 0.3) is 0 Å². The predicted molar refractivity (Wildman–Crippen MR) is 73.1 cm³/mol. The number of rotatable bonds is 3. The topological polar surface area (TPSA) is 55.1 Å². The van der Waals surface area contributed by atoms with E-state index >= 15 is 0 Å². The SMILES string of the molecule is CC(N)(C(=O)Nc1cc(Br)cc(C(F)(F)F)c1)C1CC1. The molecule has 0 bridgehead atoms. The standard InChI is InChI=1S/C13H14BrF3N2O/c1-12(18,7-2-3-7)11(20)19-10-5-8(13(15,16)17)4-9(14)6-10/h4-7H,2-3,18H2,1H3,(H,19,20). The Kier molecular flexibility index (Phi) is 3.85. The second kappa shape index (κ2) is 5.04. The smallest absolute Gasteiger partial charge is 0.324 e. The molecule has 1 amide bonds. The fourth-order valence-corrected chi connectivity index (χ4v) is 2.45. The maximum Gasteiger partial charge on any atom is 0.416 e. The molecule has 2 rings (SSSR count). The number of carbonyl (C=O) groups is 1. The van der Waals surface area contributed by atoms with Crippen LogP contribution in [-0.4, -0.2) is 11.4 Å². The van der Waals surface area contributed by atoms with Crippen molar-refractivity contribution in [2.24, 2.45) is 11.7 Å². The van der Waals surface area contributed by atoms with Gasteiger partial charge in [0.1, 0.15) is 0 Å². The molecular weight excluding hydrogens is 337 g/mol. The first-order valence-electron chi connectivity index (χ1n) is 6.09. The molecule has 1 aliphatic rings. The Hall–Kier alpha value is -1.08. The van der Waals surface area contributed by atoms with Crippen LogP contribution in [-0.2, 0) is 11.0 Å². The molecule has 20 heavy (non-hydrogen) atoms. The third kappa shape index (κ3) is 3.32. The molecule has 1 fully saturated rings. The van der Waals surface area contributed by atoms with Gasteiger partial charge in [0.2, 0.25) is 5.91 Å². The van der Waals surface area contributed by atoms with Gasteiger partial charge in [-0.25, -0.2) is 0 Å². The van der Waals surface area contributed by atoms with Gasteiger partial charge in [0.15, 0.2) is 0 Å². The molecule has 1 aliphatic carbocycles. The Labute approximate surface area is 122 Å². The van der Waals surface area contributed by atoms with Crippen molar-refractivity contribution in [2.75, 3.05) is 5.32 Å². The van der Waals surface area contributed by atoms with Gasteiger partial charge in [-0.3, -0.25) is 4.79 Å². The molecular formula is C13H14BrF3N2O. The Morgan fingerprint density at radius 2 is 1.95 bits per heavy atom. The van der Waals surface area contributed by atoms with Gasteiger partial charge in [0.05, 0.1) is 11.1 Å². The number of hydrogen-bond acceptors (Lipinski definition) is 2. The molecule has 7 heteroatoms. The summed E-state index contributed by atoms with van der Waals surface area (Å²) in [5.74, 6) is -0.372. The van der Waals surface area contributed by atoms with Crippen LogP contribution in [0, 0.1) is 5.92 Å². The van der Waals surface area contributed by atoms with E-state index < -0.39 is 23.2 Å². The lowest BCUT2D eigenvalue weighted by atomic mass is 9.96. The number of amides is 1. The molecule has 0 aromatic heterocycles. The average molecular weight is 351 g/mol. The zero-order chi connectivity index (χ0) is 15.1. The fraction of sp³-hybridized carbons (Fsp3) is 0.462. The van der Waals surface area contributed by atoms with Crippen LogP contribution in [0.15, 0.2) is 22.7 Å². The quantitative estimate of drug-likeness (QED) is 0.875. The maximum absolute atomic E-state index is 12.7. The zero-order valence-electron chi connectivity index (χ0n) is 10.7. The summed E-state index contributed by atoms with van der Waals surface area (Å²) in [6, 6.07) is 3.26. The Balaban J connectivity index is 2.21. The molecule has 0 heterocycles. The fourth-order valence-electron chi connectivity index (χ4n) is 1.96. The van der Waals surface area contributed by atoms with Gasteiger partial charge < -0.3 is 11.1 Å². The van der Waals surface area contributed by atoms with Crippen molar-refractivity contribution >= 4 is 27.5 Å². The normalized spacial score (nSPS) is 18.5. The van der Waals surface area contributed by atoms with Crippen molar-refractivity contribution in [2.45, 2.75) is 31.5 Å². The Morgan fingerprint density at radius 1 is 1.35 bits per heavy atom. The van der Waals surface area contributed by atoms with E-state index in [0.717, 1.165) is 25.0 Å². The van der Waals surface area contributed by atoms with Crippen molar-refractivity contribution in [1.29, 1.82) is 0 Å². The first kappa shape index (κ1) is 15.3. The summed E-state index contributed by atoms with van der Waals surface area (Å²) in [7, 11) is 0. The number of halogens is 4. The molecule has 0 saturated heterocycles. The van der Waals surface area contributed by atoms with Crippen molar-refractivity contribution in [3.63, 3.8) is 0 Å². The molecule has 3 nitrogen and oxygen atoms in total. The minimum Gasteiger partial charge on any atom is -0.324 e. The summed E-state index contributed by atoms with van der Waals surface area (Å²) in [6.07, 6.45) is -2.73. The molecule has 3 N–H and O–H groups in total. The van der Waals surface area contributed by atoms with E-state index in [0.29, 0.717) is 0 Å². The summed E-state index contributed by atoms with van der Waals surface area (Å²) in [6.45, 7) is 1.60. The molecule has 1 saturated carbocycles. The van der Waals surface area contributed by atoms with E-state index in [1.54, 1.807) is 6.92 Å². The summed E-state index contributed by atoms with van der Waals surface area (Å²) in [5, 5.41) is 2.46. The van der Waals surface area contributed by atoms with Gasteiger partial charge in [-0.2, -0.15) is 13.2 Å². The summed E-state index contributed by atoms with van der Waals surface area (Å²) < 4.78 is 38.3. The largest absolute Gasteiger partial charge is 0.416 e. The molecule has 1 aromatic carbocycles. The first-order chi connectivity index (χ1) is 9.10. The van der Waals surface area contributed by atoms with Gasteiger partial charge in [-0.15, -0.1) is 0 Å². The van der Waals surface area contributed by atoms with E-state index in [9.17, 15) is 18.0 Å². The van der Waals surface area contributed by atoms with E-state index in [1.165, 1.54) is 6.07 Å². The van der Waals surface area contributed by atoms with E-state index in [1.807, 2.05) is 0 Å². The van der Waals surface area contributed by atoms with Crippen LogP contribution < -0.4 is 11.1 Å². The highest BCUT2D eigenvalue weighted by atomic mass is 79.9. The molecule has 1 atom stereocenters. The van der Waals surface area contributed by atoms with Crippen molar-refractivity contribution in [3.8, 4) is 0 Å². The molecule has 0 aliphatic heterocycles. The van der Waals surface area contributed by atoms with Crippen molar-refractivity contribution < 1.29 is 18.0 Å². The summed E-state index contributed by atoms with van der Waals surface area (Å²) >= 11 is 3.00. The highest BCUT2D eigenvalue weighted by Crippen LogP contribution is 2.39. The molecule has 0 radical (unpaired) electrons. The van der Waals surface area contributed by atoms with Crippen LogP contribution in [0.3, 0.4) is 0 Å². The van der Waals surface area contributed by atoms with Gasteiger partial charge >= 0.3 is 6.18 Å². The minimum atomic E-state index is -4.47. The summed E-state index contributed by atoms with van der Waals surface area (Å²) in [4.78, 5) is 12.1. The number of hydrogen-bond donors (Lipinski definition) is 2. The van der Waals surface area contributed by atoms with Crippen LogP contribution >= 0.6 is 15.9 Å². The minimum absolute atomic E-state index is 0.0778. The Morgan fingerprint density at radius 3 is 2.45 bits per heavy atom. The second-order valence-corrected chi connectivity index (χ2v) is 6.15. The average Bonchev–Trinajstić information content (AvgIpc) is 3.10. The van der Waals surface area contributed by atoms with Crippen molar-refractivity contribution in [3.05, 3.63) is 28.2 Å². The number of alkyl halides is 3. The predicted octanol–water partition coefficient (Wildman–Crippen LogP) is 3.53. The van der Waals surface area contributed by atoms with Crippen LogP contribution in [0.5, 0.6) is 0 Å². The number of nitrogens with one attached hydrogen (secondary N) is 1. The van der Waals surface area contributed by atoms with E-state index in [-0.39, 0.29) is 16.1 Å². The number of nitrogens with two attached hydrogens (primary N) is 1. The van der Waals surface area contributed by atoms with Crippen LogP contribution in [0.25, 0.3) is 0 Å². The van der Waals surface area contributed by atoms with Crippen molar-refractivity contribution in [1.82, 2.24) is 0 Å². The lowest BCUT2D eigenvalue weighted by Crippen LogP contribution is -2.50. The molecule has 110 valence electrons. The highest BCUT2D eigenvalue weighted by Gasteiger charge is 2.44. The number of anilines is 1. The van der Waals surface area contributed by atoms with Gasteiger partial charge in [0, 0.05) is 10.2 Å². The third-order valence-electron chi connectivity index (χ3n) is 3.40. The first-order valence-corrected chi connectivity index (χ1v) is 6.88. The maximum atomic E-state index is 12.7. The lowest BCUT2D eigenvalue weighted by Gasteiger charge is -2.23. The highest BCUT2D eigenvalue weighted by molar-refractivity contribution is 9.10. The zero-order valence-corrected chi connectivity index (χ0v) is 12.3. The van der Waals surface area contributed by atoms with Crippen LogP contribution in [0.4, 0.5) is 18.9 Å². The Bertz CT molecular complexity index is 539. The van der Waals surface area contributed by atoms with E-state index in [2.05, 4.69) is 21.2 Å². The summed E-state index contributed by atoms with van der Waals surface area (Å²) in [5.41, 5.74) is 4.13. The van der Waals surface area contributed by atoms with Gasteiger partial charge in [-0.1, -0.05) is 15.9 Å². The van der Waals surface area contributed by atoms with Crippen LogP contribution in [0.1, 0.15) is 25.3 Å². The second-order valence-electron chi connectivity index (χ2n) is 5.24. The van der Waals surface area contributed by atoms with Gasteiger partial charge in [-0.05, 0) is 43.9 Å². The monoisotopic (exact) mass is 350 g/mol. The number of benzene rings is 1.